The highest BCUT2D eigenvalue weighted by Crippen LogP contribution is 2.48. The largest absolute Gasteiger partial charge is 0.288 e. The fraction of sp³-hybridized carbons (Fsp3) is 0. The van der Waals surface area contributed by atoms with Gasteiger partial charge in [0.05, 0.1) is 0 Å². The molecule has 0 N–H and O–H groups in total. The summed E-state index contributed by atoms with van der Waals surface area (Å²) >= 11 is 13.7. The van der Waals surface area contributed by atoms with Gasteiger partial charge in [-0.25, -0.2) is 0 Å². The van der Waals surface area contributed by atoms with Crippen LogP contribution in [-0.4, -0.2) is 0 Å². The molecule has 0 saturated heterocycles. The highest BCUT2D eigenvalue weighted by Gasteiger charge is 2.31. The molecule has 0 aliphatic heterocycles. The number of halogens is 4. The molecule has 0 fully saturated rings. The van der Waals surface area contributed by atoms with Crippen LogP contribution in [-0.2, 0) is 0 Å². The summed E-state index contributed by atoms with van der Waals surface area (Å²) in [6.07, 6.45) is 0. The molecule has 0 unspecified atom stereocenters. The Morgan fingerprint density at radius 1 is 0.550 bits per heavy atom. The Hall–Kier alpha value is -0.300. The van der Waals surface area contributed by atoms with Crippen LogP contribution in [0.3, 0.4) is 0 Å². The summed E-state index contributed by atoms with van der Waals surface area (Å²) < 4.78 is 2.81. The van der Waals surface area contributed by atoms with E-state index in [-0.39, 0.29) is 10.9 Å². The third-order valence-electron chi connectivity index (χ3n) is 3.62. The fourth-order valence-corrected chi connectivity index (χ4v) is 5.92. The lowest BCUT2D eigenvalue weighted by Crippen LogP contribution is -2.02. The van der Waals surface area contributed by atoms with Crippen molar-refractivity contribution in [2.75, 3.05) is 0 Å². The number of hydrogen-bond acceptors (Lipinski definition) is 2. The number of rotatable bonds is 0. The molecule has 0 spiro atoms. The van der Waals surface area contributed by atoms with Crippen LogP contribution >= 0.6 is 63.7 Å². The second-order valence-electron chi connectivity index (χ2n) is 4.59. The van der Waals surface area contributed by atoms with Crippen LogP contribution in [0.2, 0.25) is 0 Å². The molecular formula is C14H2Br4O2. The van der Waals surface area contributed by atoms with Gasteiger partial charge in [0.2, 0.25) is 0 Å². The molecular weight excluding hydrogens is 520 g/mol. The molecule has 2 aromatic rings. The lowest BCUT2D eigenvalue weighted by Gasteiger charge is -2.02. The molecule has 2 aliphatic rings. The zero-order valence-corrected chi connectivity index (χ0v) is 15.8. The van der Waals surface area contributed by atoms with E-state index in [2.05, 4.69) is 63.7 Å². The lowest BCUT2D eigenvalue weighted by molar-refractivity contribution is 1.66. The topological polar surface area (TPSA) is 34.1 Å². The maximum Gasteiger partial charge on any atom is 0.196 e. The Balaban J connectivity index is 2.56. The molecule has 4 rings (SSSR count). The van der Waals surface area contributed by atoms with Crippen LogP contribution in [0.5, 0.6) is 0 Å². The van der Waals surface area contributed by atoms with Crippen LogP contribution in [0.1, 0.15) is 0 Å². The van der Waals surface area contributed by atoms with Gasteiger partial charge in [-0.15, -0.1) is 0 Å². The van der Waals surface area contributed by atoms with Gasteiger partial charge in [-0.3, -0.25) is 9.59 Å². The van der Waals surface area contributed by atoms with Crippen molar-refractivity contribution >= 4 is 85.3 Å². The van der Waals surface area contributed by atoms with E-state index in [4.69, 9.17) is 0 Å². The van der Waals surface area contributed by atoms with Crippen molar-refractivity contribution in [2.24, 2.45) is 0 Å². The van der Waals surface area contributed by atoms with Crippen LogP contribution in [0, 0.1) is 0 Å². The van der Waals surface area contributed by atoms with Gasteiger partial charge in [0, 0.05) is 50.6 Å². The van der Waals surface area contributed by atoms with Gasteiger partial charge >= 0.3 is 0 Å². The molecule has 0 heterocycles. The van der Waals surface area contributed by atoms with Gasteiger partial charge in [-0.05, 0) is 75.9 Å². The van der Waals surface area contributed by atoms with Gasteiger partial charge in [0.15, 0.2) is 10.9 Å². The maximum atomic E-state index is 12.6. The summed E-state index contributed by atoms with van der Waals surface area (Å²) in [4.78, 5) is 25.3. The van der Waals surface area contributed by atoms with E-state index < -0.39 is 0 Å². The van der Waals surface area contributed by atoms with E-state index in [0.717, 1.165) is 11.1 Å². The van der Waals surface area contributed by atoms with Crippen LogP contribution in [0.4, 0.5) is 0 Å². The molecule has 2 aliphatic carbocycles. The Morgan fingerprint density at radius 2 is 0.800 bits per heavy atom. The zero-order chi connectivity index (χ0) is 14.3. The zero-order valence-electron chi connectivity index (χ0n) is 9.48. The van der Waals surface area contributed by atoms with Gasteiger partial charge < -0.3 is 0 Å². The molecule has 20 heavy (non-hydrogen) atoms. The second-order valence-corrected chi connectivity index (χ2v) is 8.01. The number of hydrogen-bond donors (Lipinski definition) is 0. The van der Waals surface area contributed by atoms with Crippen molar-refractivity contribution in [2.45, 2.75) is 0 Å². The SMILES string of the molecule is O=c1c2c(Br)cc(Br)c3c2-c2c1c(Br)cc(Br)c2c3=O. The van der Waals surface area contributed by atoms with Crippen LogP contribution in [0.25, 0.3) is 32.7 Å². The van der Waals surface area contributed by atoms with E-state index in [1.54, 1.807) is 12.1 Å². The summed E-state index contributed by atoms with van der Waals surface area (Å²) in [6, 6.07) is 3.53. The minimum atomic E-state index is -0.0521. The minimum absolute atomic E-state index is 0.0521. The summed E-state index contributed by atoms with van der Waals surface area (Å²) in [7, 11) is 0. The summed E-state index contributed by atoms with van der Waals surface area (Å²) in [5.74, 6) is 0. The van der Waals surface area contributed by atoms with Gasteiger partial charge in [-0.2, -0.15) is 0 Å². The smallest absolute Gasteiger partial charge is 0.196 e. The first-order valence-corrected chi connectivity index (χ1v) is 8.74. The first kappa shape index (κ1) is 13.4. The summed E-state index contributed by atoms with van der Waals surface area (Å²) in [5.41, 5.74) is 1.38. The standard InChI is InChI=1S/C14H2Br4O2/c15-3-1-4(16)8-11-7(3)13(19)9-5(17)2-6(18)10(12(9)11)14(8)20/h1-2H. The molecule has 98 valence electrons. The van der Waals surface area contributed by atoms with E-state index in [0.29, 0.717) is 39.4 Å². The molecule has 2 nitrogen and oxygen atoms in total. The van der Waals surface area contributed by atoms with Crippen molar-refractivity contribution in [1.29, 1.82) is 0 Å². The summed E-state index contributed by atoms with van der Waals surface area (Å²) in [6.45, 7) is 0. The third-order valence-corrected chi connectivity index (χ3v) is 6.12. The molecule has 0 bridgehead atoms. The van der Waals surface area contributed by atoms with E-state index in [1.165, 1.54) is 0 Å². The molecule has 0 atom stereocenters. The monoisotopic (exact) mass is 518 g/mol. The lowest BCUT2D eigenvalue weighted by atomic mass is 10.1. The molecule has 6 heteroatoms. The highest BCUT2D eigenvalue weighted by molar-refractivity contribution is 9.11. The van der Waals surface area contributed by atoms with Crippen molar-refractivity contribution in [1.82, 2.24) is 0 Å². The van der Waals surface area contributed by atoms with E-state index >= 15 is 0 Å². The van der Waals surface area contributed by atoms with Crippen molar-refractivity contribution < 1.29 is 0 Å². The average molecular weight is 522 g/mol. The average Bonchev–Trinajstić information content (AvgIpc) is 2.79. The minimum Gasteiger partial charge on any atom is -0.288 e. The van der Waals surface area contributed by atoms with E-state index in [9.17, 15) is 9.59 Å². The summed E-state index contributed by atoms with van der Waals surface area (Å²) in [5, 5.41) is 2.29. The molecule has 0 aromatic heterocycles. The third kappa shape index (κ3) is 1.39. The predicted octanol–water partition coefficient (Wildman–Crippen LogP) is 5.18. The van der Waals surface area contributed by atoms with Crippen LogP contribution in [0.15, 0.2) is 39.6 Å². The highest BCUT2D eigenvalue weighted by atomic mass is 79.9. The molecule has 0 radical (unpaired) electrons. The van der Waals surface area contributed by atoms with Gasteiger partial charge in [-0.1, -0.05) is 0 Å². The van der Waals surface area contributed by atoms with Crippen LogP contribution < -0.4 is 10.9 Å². The second kappa shape index (κ2) is 4.12. The predicted molar refractivity (Wildman–Crippen MR) is 95.0 cm³/mol. The molecule has 2 aromatic carbocycles. The fourth-order valence-electron chi connectivity index (χ4n) is 2.88. The number of benzene rings is 2. The first-order chi connectivity index (χ1) is 9.43. The Bertz CT molecular complexity index is 914. The Kier molecular flexibility index (Phi) is 2.76. The van der Waals surface area contributed by atoms with E-state index in [1.807, 2.05) is 0 Å². The quantitative estimate of drug-likeness (QED) is 0.320. The first-order valence-electron chi connectivity index (χ1n) is 5.57. The van der Waals surface area contributed by atoms with Crippen molar-refractivity contribution in [3.8, 4) is 11.1 Å². The maximum absolute atomic E-state index is 12.6. The van der Waals surface area contributed by atoms with Crippen molar-refractivity contribution in [3.05, 3.63) is 50.5 Å². The Labute approximate surface area is 146 Å². The van der Waals surface area contributed by atoms with Gasteiger partial charge in [0.1, 0.15) is 0 Å². The molecule has 0 saturated carbocycles. The van der Waals surface area contributed by atoms with Gasteiger partial charge in [0.25, 0.3) is 0 Å². The molecule has 0 amide bonds. The normalized spacial score (nSPS) is 12.4. The Morgan fingerprint density at radius 3 is 1.05 bits per heavy atom. The van der Waals surface area contributed by atoms with Crippen molar-refractivity contribution in [3.63, 3.8) is 0 Å².